The SMILES string of the molecule is BrB(Br)Br.CC(C)n1c(=O)c(-c2ccc(O)cc2)cc2ccccc21.COc1ccc(-c2cc3ccccc3n(C(C)C)c2=O)cc1. The van der Waals surface area contributed by atoms with Gasteiger partial charge >= 0.3 is 3.18 Å². The maximum absolute atomic E-state index is 12.9. The molecule has 0 saturated heterocycles. The van der Waals surface area contributed by atoms with E-state index in [-0.39, 0.29) is 32.1 Å². The van der Waals surface area contributed by atoms with E-state index in [4.69, 9.17) is 4.74 Å². The van der Waals surface area contributed by atoms with Crippen LogP contribution in [0.2, 0.25) is 0 Å². The second-order valence-corrected chi connectivity index (χ2v) is 17.7. The molecule has 6 rings (SSSR count). The Kier molecular flexibility index (Phi) is 12.7. The number of pyridine rings is 2. The summed E-state index contributed by atoms with van der Waals surface area (Å²) >= 11 is 9.31. The van der Waals surface area contributed by atoms with Crippen molar-refractivity contribution >= 4 is 72.3 Å². The van der Waals surface area contributed by atoms with Gasteiger partial charge in [0.05, 0.1) is 18.1 Å². The fraction of sp³-hybridized carbons (Fsp3) is 0.189. The number of ether oxygens (including phenoxy) is 1. The van der Waals surface area contributed by atoms with Crippen LogP contribution >= 0.6 is 47.3 Å². The minimum Gasteiger partial charge on any atom is -0.508 e. The van der Waals surface area contributed by atoms with Gasteiger partial charge in [0.25, 0.3) is 11.1 Å². The van der Waals surface area contributed by atoms with E-state index in [2.05, 4.69) is 47.3 Å². The number of phenols is 1. The molecule has 10 heteroatoms. The lowest BCUT2D eigenvalue weighted by atomic mass is 10.0. The molecule has 2 aromatic heterocycles. The van der Waals surface area contributed by atoms with Crippen LogP contribution in [-0.2, 0) is 0 Å². The van der Waals surface area contributed by atoms with Crippen LogP contribution in [0.3, 0.4) is 0 Å². The Morgan fingerprint density at radius 2 is 0.979 bits per heavy atom. The van der Waals surface area contributed by atoms with Crippen LogP contribution in [0.4, 0.5) is 0 Å². The standard InChI is InChI=1S/C19H19NO2.C18H17NO2.BBr3/c1-13(2)20-18-7-5-4-6-15(18)12-17(19(20)21)14-8-10-16(22-3)11-9-14;1-12(2)19-17-6-4-3-5-14(17)11-16(18(19)21)13-7-9-15(20)10-8-13;2-1(3)4/h4-13H,1-3H3;3-12,20H,1-2H3;. The van der Waals surface area contributed by atoms with Crippen molar-refractivity contribution in [3.8, 4) is 33.8 Å². The van der Waals surface area contributed by atoms with Crippen LogP contribution in [0.1, 0.15) is 39.8 Å². The van der Waals surface area contributed by atoms with E-state index in [0.717, 1.165) is 44.2 Å². The van der Waals surface area contributed by atoms with Crippen molar-refractivity contribution in [2.75, 3.05) is 7.11 Å². The summed E-state index contributed by atoms with van der Waals surface area (Å²) in [6.07, 6.45) is 0. The molecule has 242 valence electrons. The normalized spacial score (nSPS) is 10.8. The average molecular weight is 823 g/mol. The molecule has 0 aliphatic heterocycles. The molecule has 0 fully saturated rings. The topological polar surface area (TPSA) is 73.5 Å². The van der Waals surface area contributed by atoms with Crippen molar-refractivity contribution in [3.63, 3.8) is 0 Å². The van der Waals surface area contributed by atoms with Crippen LogP contribution in [0, 0.1) is 0 Å². The third-order valence-corrected chi connectivity index (χ3v) is 7.50. The highest BCUT2D eigenvalue weighted by atomic mass is 79.9. The molecule has 47 heavy (non-hydrogen) atoms. The largest absolute Gasteiger partial charge is 0.508 e. The molecule has 0 aliphatic carbocycles. The molecule has 0 amide bonds. The van der Waals surface area contributed by atoms with Crippen molar-refractivity contribution in [1.29, 1.82) is 0 Å². The zero-order valence-electron chi connectivity index (χ0n) is 26.8. The first-order valence-corrected chi connectivity index (χ1v) is 17.8. The number of hydrogen-bond acceptors (Lipinski definition) is 4. The van der Waals surface area contributed by atoms with Crippen molar-refractivity contribution in [2.24, 2.45) is 0 Å². The summed E-state index contributed by atoms with van der Waals surface area (Å²) in [7, 11) is 1.64. The molecule has 0 aliphatic rings. The van der Waals surface area contributed by atoms with Gasteiger partial charge in [0.1, 0.15) is 11.5 Å². The summed E-state index contributed by atoms with van der Waals surface area (Å²) in [5.74, 6) is 0.984. The van der Waals surface area contributed by atoms with Gasteiger partial charge in [-0.15, -0.1) is 47.3 Å². The third kappa shape index (κ3) is 8.86. The Bertz CT molecular complexity index is 2070. The molecule has 0 spiro atoms. The monoisotopic (exact) mass is 820 g/mol. The lowest BCUT2D eigenvalue weighted by molar-refractivity contribution is 0.415. The first-order chi connectivity index (χ1) is 22.4. The molecular formula is C37H36BBr3N2O4. The maximum Gasteiger partial charge on any atom is 0.369 e. The van der Waals surface area contributed by atoms with Gasteiger partial charge in [-0.2, -0.15) is 0 Å². The fourth-order valence-electron chi connectivity index (χ4n) is 5.42. The maximum atomic E-state index is 12.9. The molecule has 6 aromatic rings. The van der Waals surface area contributed by atoms with E-state index in [1.165, 1.54) is 0 Å². The first-order valence-electron chi connectivity index (χ1n) is 15.1. The number of benzene rings is 4. The van der Waals surface area contributed by atoms with Gasteiger partial charge in [-0.1, -0.05) is 60.7 Å². The Morgan fingerprint density at radius 3 is 1.34 bits per heavy atom. The molecule has 0 radical (unpaired) electrons. The Morgan fingerprint density at radius 1 is 0.617 bits per heavy atom. The molecule has 4 aromatic carbocycles. The predicted molar refractivity (Wildman–Crippen MR) is 209 cm³/mol. The highest BCUT2D eigenvalue weighted by Gasteiger charge is 2.14. The van der Waals surface area contributed by atoms with Crippen LogP contribution in [-0.4, -0.2) is 24.5 Å². The van der Waals surface area contributed by atoms with Crippen LogP contribution in [0.15, 0.2) is 119 Å². The van der Waals surface area contributed by atoms with Crippen molar-refractivity contribution in [1.82, 2.24) is 9.13 Å². The number of halogens is 3. The van der Waals surface area contributed by atoms with E-state index in [1.807, 2.05) is 122 Å². The van der Waals surface area contributed by atoms with Gasteiger partial charge in [0.15, 0.2) is 0 Å². The number of methoxy groups -OCH3 is 1. The Labute approximate surface area is 300 Å². The van der Waals surface area contributed by atoms with Gasteiger partial charge in [0.2, 0.25) is 0 Å². The van der Waals surface area contributed by atoms with Crippen LogP contribution in [0.25, 0.3) is 44.1 Å². The number of para-hydroxylation sites is 2. The first kappa shape index (κ1) is 36.2. The number of aromatic hydroxyl groups is 1. The second-order valence-electron chi connectivity index (χ2n) is 11.3. The molecule has 0 saturated carbocycles. The fourth-order valence-corrected chi connectivity index (χ4v) is 5.42. The second kappa shape index (κ2) is 16.5. The molecule has 0 bridgehead atoms. The lowest BCUT2D eigenvalue weighted by Gasteiger charge is -2.16. The minimum absolute atomic E-state index is 0.00519. The van der Waals surface area contributed by atoms with Crippen molar-refractivity contribution in [3.05, 3.63) is 130 Å². The minimum atomic E-state index is -0.00519. The lowest BCUT2D eigenvalue weighted by Crippen LogP contribution is -2.23. The summed E-state index contributed by atoms with van der Waals surface area (Å²) in [4.78, 5) is 25.7. The number of nitrogens with zero attached hydrogens (tertiary/aromatic N) is 2. The Hall–Kier alpha value is -3.60. The molecule has 0 unspecified atom stereocenters. The summed E-state index contributed by atoms with van der Waals surface area (Å²) in [6.45, 7) is 8.08. The summed E-state index contributed by atoms with van der Waals surface area (Å²) < 4.78 is 9.13. The molecular weight excluding hydrogens is 787 g/mol. The number of aromatic nitrogens is 2. The van der Waals surface area contributed by atoms with E-state index < -0.39 is 0 Å². The van der Waals surface area contributed by atoms with E-state index >= 15 is 0 Å². The highest BCUT2D eigenvalue weighted by molar-refractivity contribution is 9.69. The zero-order valence-corrected chi connectivity index (χ0v) is 31.6. The highest BCUT2D eigenvalue weighted by Crippen LogP contribution is 2.26. The summed E-state index contributed by atoms with van der Waals surface area (Å²) in [5, 5.41) is 11.5. The van der Waals surface area contributed by atoms with Gasteiger partial charge in [0, 0.05) is 23.2 Å². The number of phenolic OH excluding ortho intramolecular Hbond substituents is 1. The zero-order chi connectivity index (χ0) is 34.2. The van der Waals surface area contributed by atoms with Gasteiger partial charge in [-0.25, -0.2) is 0 Å². The van der Waals surface area contributed by atoms with Crippen LogP contribution < -0.4 is 15.9 Å². The summed E-state index contributed by atoms with van der Waals surface area (Å²) in [6, 6.07) is 34.3. The van der Waals surface area contributed by atoms with E-state index in [9.17, 15) is 14.7 Å². The van der Waals surface area contributed by atoms with E-state index in [1.54, 1.807) is 31.4 Å². The van der Waals surface area contributed by atoms with Crippen LogP contribution in [0.5, 0.6) is 11.5 Å². The number of hydrogen-bond donors (Lipinski definition) is 1. The van der Waals surface area contributed by atoms with Gasteiger partial charge < -0.3 is 19.0 Å². The van der Waals surface area contributed by atoms with E-state index in [0.29, 0.717) is 5.56 Å². The van der Waals surface area contributed by atoms with Gasteiger partial charge in [-0.3, -0.25) is 9.59 Å². The molecule has 6 nitrogen and oxygen atoms in total. The van der Waals surface area contributed by atoms with Crippen molar-refractivity contribution in [2.45, 2.75) is 39.8 Å². The van der Waals surface area contributed by atoms with Gasteiger partial charge in [-0.05, 0) is 98.1 Å². The molecule has 1 N–H and O–H groups in total. The summed E-state index contributed by atoms with van der Waals surface area (Å²) in [5.41, 5.74) is 5.05. The van der Waals surface area contributed by atoms with Crippen molar-refractivity contribution < 1.29 is 9.84 Å². The smallest absolute Gasteiger partial charge is 0.369 e. The number of rotatable bonds is 5. The molecule has 2 heterocycles. The Balaban J connectivity index is 0.000000191. The molecule has 0 atom stereocenters. The number of fused-ring (bicyclic) bond motifs is 2. The third-order valence-electron chi connectivity index (χ3n) is 7.50. The average Bonchev–Trinajstić information content (AvgIpc) is 3.04. The quantitative estimate of drug-likeness (QED) is 0.176. The predicted octanol–water partition coefficient (Wildman–Crippen LogP) is 10.4.